The lowest BCUT2D eigenvalue weighted by Gasteiger charge is -2.11. The Morgan fingerprint density at radius 1 is 1.39 bits per heavy atom. The van der Waals surface area contributed by atoms with Crippen molar-refractivity contribution in [3.63, 3.8) is 0 Å². The Bertz CT molecular complexity index is 430. The molecule has 1 aromatic rings. The number of benzene rings is 1. The molecule has 1 aliphatic rings. The molecular formula is C13H16FNO3. The second kappa shape index (κ2) is 5.82. The van der Waals surface area contributed by atoms with Crippen LogP contribution in [0.4, 0.5) is 4.39 Å². The van der Waals surface area contributed by atoms with Crippen LogP contribution in [0, 0.1) is 5.82 Å². The number of nitrogens with one attached hydrogen (secondary N) is 1. The number of hydrogen-bond acceptors (Lipinski definition) is 3. The lowest BCUT2D eigenvalue weighted by atomic mass is 10.2. The molecule has 0 saturated heterocycles. The van der Waals surface area contributed by atoms with E-state index in [1.807, 2.05) is 0 Å². The number of carbonyl (C=O) groups excluding carboxylic acids is 1. The summed E-state index contributed by atoms with van der Waals surface area (Å²) >= 11 is 0. The molecule has 0 aromatic heterocycles. The van der Waals surface area contributed by atoms with Crippen LogP contribution in [0.5, 0.6) is 5.75 Å². The van der Waals surface area contributed by atoms with Gasteiger partial charge in [-0.3, -0.25) is 9.63 Å². The Balaban J connectivity index is 1.93. The Kier molecular flexibility index (Phi) is 4.15. The molecule has 1 amide bonds. The Morgan fingerprint density at radius 2 is 2.11 bits per heavy atom. The van der Waals surface area contributed by atoms with Gasteiger partial charge in [0.15, 0.2) is 11.6 Å². The average Bonchev–Trinajstić information content (AvgIpc) is 2.89. The van der Waals surface area contributed by atoms with Crippen molar-refractivity contribution in [2.45, 2.75) is 31.8 Å². The monoisotopic (exact) mass is 253 g/mol. The second-order valence-electron chi connectivity index (χ2n) is 4.30. The Morgan fingerprint density at radius 3 is 2.72 bits per heavy atom. The van der Waals surface area contributed by atoms with Gasteiger partial charge in [0.2, 0.25) is 0 Å². The van der Waals surface area contributed by atoms with E-state index < -0.39 is 11.7 Å². The first-order valence-electron chi connectivity index (χ1n) is 6.00. The van der Waals surface area contributed by atoms with Crippen molar-refractivity contribution < 1.29 is 18.8 Å². The van der Waals surface area contributed by atoms with Gasteiger partial charge in [0.05, 0.1) is 13.2 Å². The molecule has 0 heterocycles. The van der Waals surface area contributed by atoms with Crippen molar-refractivity contribution in [2.24, 2.45) is 0 Å². The molecule has 0 spiro atoms. The quantitative estimate of drug-likeness (QED) is 0.838. The fourth-order valence-corrected chi connectivity index (χ4v) is 2.01. The summed E-state index contributed by atoms with van der Waals surface area (Å²) in [5.41, 5.74) is 2.57. The Labute approximate surface area is 105 Å². The van der Waals surface area contributed by atoms with Crippen LogP contribution in [0.15, 0.2) is 18.2 Å². The molecule has 98 valence electrons. The summed E-state index contributed by atoms with van der Waals surface area (Å²) in [5, 5.41) is 0. The highest BCUT2D eigenvalue weighted by molar-refractivity contribution is 5.93. The molecular weight excluding hydrogens is 237 g/mol. The number of carbonyl (C=O) groups is 1. The van der Waals surface area contributed by atoms with Crippen molar-refractivity contribution in [1.29, 1.82) is 0 Å². The van der Waals surface area contributed by atoms with Crippen molar-refractivity contribution >= 4 is 5.91 Å². The summed E-state index contributed by atoms with van der Waals surface area (Å²) in [6, 6.07) is 4.04. The molecule has 2 rings (SSSR count). The summed E-state index contributed by atoms with van der Waals surface area (Å²) in [7, 11) is 1.38. The van der Waals surface area contributed by atoms with Crippen molar-refractivity contribution in [3.8, 4) is 5.75 Å². The van der Waals surface area contributed by atoms with Crippen LogP contribution in [0.1, 0.15) is 36.0 Å². The van der Waals surface area contributed by atoms with E-state index in [1.54, 1.807) is 0 Å². The highest BCUT2D eigenvalue weighted by Crippen LogP contribution is 2.20. The largest absolute Gasteiger partial charge is 0.494 e. The van der Waals surface area contributed by atoms with Crippen LogP contribution < -0.4 is 10.2 Å². The van der Waals surface area contributed by atoms with Gasteiger partial charge in [-0.2, -0.15) is 0 Å². The maximum absolute atomic E-state index is 13.4. The van der Waals surface area contributed by atoms with Crippen LogP contribution >= 0.6 is 0 Å². The minimum Gasteiger partial charge on any atom is -0.494 e. The number of halogens is 1. The summed E-state index contributed by atoms with van der Waals surface area (Å²) in [6.45, 7) is 0. The maximum atomic E-state index is 13.4. The van der Waals surface area contributed by atoms with Crippen molar-refractivity contribution in [1.82, 2.24) is 5.48 Å². The Hall–Kier alpha value is -1.62. The highest BCUT2D eigenvalue weighted by Gasteiger charge is 2.17. The normalized spacial score (nSPS) is 15.7. The smallest absolute Gasteiger partial charge is 0.274 e. The van der Waals surface area contributed by atoms with Gasteiger partial charge in [-0.1, -0.05) is 12.8 Å². The van der Waals surface area contributed by atoms with Crippen molar-refractivity contribution in [3.05, 3.63) is 29.6 Å². The van der Waals surface area contributed by atoms with Crippen LogP contribution in [0.2, 0.25) is 0 Å². The molecule has 1 saturated carbocycles. The fraction of sp³-hybridized carbons (Fsp3) is 0.462. The zero-order valence-corrected chi connectivity index (χ0v) is 10.2. The fourth-order valence-electron chi connectivity index (χ4n) is 2.01. The van der Waals surface area contributed by atoms with Gasteiger partial charge in [-0.25, -0.2) is 9.87 Å². The molecule has 1 N–H and O–H groups in total. The van der Waals surface area contributed by atoms with E-state index in [2.05, 4.69) is 5.48 Å². The first-order valence-corrected chi connectivity index (χ1v) is 6.00. The van der Waals surface area contributed by atoms with Gasteiger partial charge in [0.1, 0.15) is 0 Å². The minimum atomic E-state index is -0.564. The number of rotatable bonds is 4. The van der Waals surface area contributed by atoms with Gasteiger partial charge >= 0.3 is 0 Å². The van der Waals surface area contributed by atoms with Crippen LogP contribution in [0.3, 0.4) is 0 Å². The lowest BCUT2D eigenvalue weighted by molar-refractivity contribution is -0.0125. The van der Waals surface area contributed by atoms with Crippen LogP contribution in [-0.4, -0.2) is 19.1 Å². The number of hydrogen-bond donors (Lipinski definition) is 1. The molecule has 0 bridgehead atoms. The molecule has 4 nitrogen and oxygen atoms in total. The topological polar surface area (TPSA) is 47.6 Å². The first-order chi connectivity index (χ1) is 8.70. The molecule has 1 aliphatic carbocycles. The standard InChI is InChI=1S/C13H16FNO3/c1-17-12-7-6-9(8-11(12)14)13(16)15-18-10-4-2-3-5-10/h6-8,10H,2-5H2,1H3,(H,15,16). The SMILES string of the molecule is COc1ccc(C(=O)NOC2CCCC2)cc1F. The molecule has 0 unspecified atom stereocenters. The van der Waals surface area contributed by atoms with E-state index in [9.17, 15) is 9.18 Å². The van der Waals surface area contributed by atoms with Gasteiger partial charge < -0.3 is 4.74 Å². The van der Waals surface area contributed by atoms with Gasteiger partial charge in [-0.05, 0) is 31.0 Å². The predicted octanol–water partition coefficient (Wildman–Crippen LogP) is 2.44. The molecule has 0 atom stereocenters. The second-order valence-corrected chi connectivity index (χ2v) is 4.30. The van der Waals surface area contributed by atoms with Crippen LogP contribution in [0.25, 0.3) is 0 Å². The predicted molar refractivity (Wildman–Crippen MR) is 63.8 cm³/mol. The molecule has 18 heavy (non-hydrogen) atoms. The zero-order valence-electron chi connectivity index (χ0n) is 10.2. The summed E-state index contributed by atoms with van der Waals surface area (Å²) < 4.78 is 18.2. The highest BCUT2D eigenvalue weighted by atomic mass is 19.1. The van der Waals surface area contributed by atoms with Crippen LogP contribution in [-0.2, 0) is 4.84 Å². The van der Waals surface area contributed by atoms with E-state index in [0.29, 0.717) is 0 Å². The molecule has 0 aliphatic heterocycles. The lowest BCUT2D eigenvalue weighted by Crippen LogP contribution is -2.28. The van der Waals surface area contributed by atoms with Gasteiger partial charge in [-0.15, -0.1) is 0 Å². The number of methoxy groups -OCH3 is 1. The van der Waals surface area contributed by atoms with E-state index in [1.165, 1.54) is 19.2 Å². The first kappa shape index (κ1) is 12.8. The summed E-state index contributed by atoms with van der Waals surface area (Å²) in [5.74, 6) is -0.891. The maximum Gasteiger partial charge on any atom is 0.274 e. The summed E-state index contributed by atoms with van der Waals surface area (Å²) in [4.78, 5) is 17.0. The van der Waals surface area contributed by atoms with Gasteiger partial charge in [0.25, 0.3) is 5.91 Å². The zero-order chi connectivity index (χ0) is 13.0. The molecule has 5 heteroatoms. The van der Waals surface area contributed by atoms with E-state index in [4.69, 9.17) is 9.57 Å². The third kappa shape index (κ3) is 2.98. The van der Waals surface area contributed by atoms with E-state index in [0.717, 1.165) is 31.7 Å². The molecule has 1 aromatic carbocycles. The molecule has 1 fully saturated rings. The van der Waals surface area contributed by atoms with E-state index in [-0.39, 0.29) is 17.4 Å². The third-order valence-corrected chi connectivity index (χ3v) is 3.03. The number of hydroxylamine groups is 1. The molecule has 0 radical (unpaired) electrons. The van der Waals surface area contributed by atoms with E-state index >= 15 is 0 Å². The average molecular weight is 253 g/mol. The number of ether oxygens (including phenoxy) is 1. The third-order valence-electron chi connectivity index (χ3n) is 3.03. The number of amides is 1. The summed E-state index contributed by atoms with van der Waals surface area (Å²) in [6.07, 6.45) is 4.24. The van der Waals surface area contributed by atoms with Gasteiger partial charge in [0, 0.05) is 5.56 Å². The minimum absolute atomic E-state index is 0.0806. The van der Waals surface area contributed by atoms with Crippen molar-refractivity contribution in [2.75, 3.05) is 7.11 Å².